The number of amides is 1. The first-order valence-electron chi connectivity index (χ1n) is 7.40. The van der Waals surface area contributed by atoms with Gasteiger partial charge in [-0.25, -0.2) is 0 Å². The summed E-state index contributed by atoms with van der Waals surface area (Å²) in [5.74, 6) is 0.565. The summed E-state index contributed by atoms with van der Waals surface area (Å²) in [6.07, 6.45) is 6.80. The minimum Gasteiger partial charge on any atom is -0.354 e. The van der Waals surface area contributed by atoms with Gasteiger partial charge >= 0.3 is 0 Å². The minimum absolute atomic E-state index is 0.0549. The number of hydrogen-bond donors (Lipinski definition) is 2. The average Bonchev–Trinajstić information content (AvgIpc) is 2.34. The molecule has 0 aromatic rings. The van der Waals surface area contributed by atoms with Crippen LogP contribution in [0.3, 0.4) is 0 Å². The lowest BCUT2D eigenvalue weighted by Gasteiger charge is -2.36. The standard InChI is InChI=1S/C14H27N3O/c1-12(11-17-8-3-2-4-9-17)10-16-13(18)14(15)6-5-7-14/h12H,2-11,15H2,1H3,(H,16,18). The molecule has 1 amide bonds. The predicted molar refractivity (Wildman–Crippen MR) is 73.2 cm³/mol. The fourth-order valence-electron chi connectivity index (χ4n) is 2.87. The highest BCUT2D eigenvalue weighted by atomic mass is 16.2. The van der Waals surface area contributed by atoms with Crippen LogP contribution in [0.15, 0.2) is 0 Å². The lowest BCUT2D eigenvalue weighted by Crippen LogP contribution is -2.59. The molecule has 1 unspecified atom stereocenters. The molecule has 1 saturated carbocycles. The number of carbonyl (C=O) groups excluding carboxylic acids is 1. The molecule has 0 bridgehead atoms. The van der Waals surface area contributed by atoms with Crippen molar-refractivity contribution in [2.24, 2.45) is 11.7 Å². The van der Waals surface area contributed by atoms with E-state index in [0.717, 1.165) is 32.4 Å². The first kappa shape index (κ1) is 13.8. The van der Waals surface area contributed by atoms with Crippen molar-refractivity contribution >= 4 is 5.91 Å². The van der Waals surface area contributed by atoms with Gasteiger partial charge in [0.2, 0.25) is 5.91 Å². The van der Waals surface area contributed by atoms with E-state index in [0.29, 0.717) is 5.92 Å². The lowest BCUT2D eigenvalue weighted by molar-refractivity contribution is -0.129. The first-order valence-corrected chi connectivity index (χ1v) is 7.40. The third-order valence-corrected chi connectivity index (χ3v) is 4.33. The SMILES string of the molecule is CC(CNC(=O)C1(N)CCC1)CN1CCCCC1. The molecule has 1 aliphatic heterocycles. The molecule has 2 fully saturated rings. The molecule has 4 nitrogen and oxygen atoms in total. The zero-order valence-corrected chi connectivity index (χ0v) is 11.6. The van der Waals surface area contributed by atoms with Crippen molar-refractivity contribution in [3.8, 4) is 0 Å². The molecule has 1 heterocycles. The van der Waals surface area contributed by atoms with Gasteiger partial charge in [-0.15, -0.1) is 0 Å². The van der Waals surface area contributed by atoms with E-state index in [1.54, 1.807) is 0 Å². The van der Waals surface area contributed by atoms with Crippen molar-refractivity contribution in [3.05, 3.63) is 0 Å². The summed E-state index contributed by atoms with van der Waals surface area (Å²) in [6.45, 7) is 6.50. The van der Waals surface area contributed by atoms with Crippen LogP contribution in [0.25, 0.3) is 0 Å². The fraction of sp³-hybridized carbons (Fsp3) is 0.929. The Labute approximate surface area is 110 Å². The summed E-state index contributed by atoms with van der Waals surface area (Å²) < 4.78 is 0. The molecule has 0 spiro atoms. The van der Waals surface area contributed by atoms with Gasteiger partial charge in [-0.3, -0.25) is 4.79 Å². The molecule has 4 heteroatoms. The van der Waals surface area contributed by atoms with E-state index >= 15 is 0 Å². The second-order valence-electron chi connectivity index (χ2n) is 6.19. The molecule has 0 aromatic heterocycles. The molecular weight excluding hydrogens is 226 g/mol. The molecule has 104 valence electrons. The number of piperidine rings is 1. The monoisotopic (exact) mass is 253 g/mol. The Morgan fingerprint density at radius 1 is 1.28 bits per heavy atom. The summed E-state index contributed by atoms with van der Waals surface area (Å²) in [5.41, 5.74) is 5.44. The van der Waals surface area contributed by atoms with E-state index in [-0.39, 0.29) is 5.91 Å². The van der Waals surface area contributed by atoms with Crippen LogP contribution in [0.1, 0.15) is 45.4 Å². The van der Waals surface area contributed by atoms with E-state index in [9.17, 15) is 4.79 Å². The number of carbonyl (C=O) groups is 1. The number of likely N-dealkylation sites (tertiary alicyclic amines) is 1. The molecule has 2 rings (SSSR count). The van der Waals surface area contributed by atoms with Crippen LogP contribution in [0.5, 0.6) is 0 Å². The van der Waals surface area contributed by atoms with Gasteiger partial charge in [-0.1, -0.05) is 13.3 Å². The maximum absolute atomic E-state index is 11.9. The minimum atomic E-state index is -0.551. The number of rotatable bonds is 5. The number of hydrogen-bond acceptors (Lipinski definition) is 3. The van der Waals surface area contributed by atoms with E-state index in [1.807, 2.05) is 0 Å². The number of nitrogens with one attached hydrogen (secondary N) is 1. The molecule has 1 atom stereocenters. The summed E-state index contributed by atoms with van der Waals surface area (Å²) in [6, 6.07) is 0. The van der Waals surface area contributed by atoms with Gasteiger partial charge in [0.25, 0.3) is 0 Å². The Balaban J connectivity index is 1.64. The highest BCUT2D eigenvalue weighted by Gasteiger charge is 2.39. The van der Waals surface area contributed by atoms with Gasteiger partial charge in [0, 0.05) is 13.1 Å². The Morgan fingerprint density at radius 2 is 1.94 bits per heavy atom. The Kier molecular flexibility index (Phi) is 4.62. The van der Waals surface area contributed by atoms with Crippen molar-refractivity contribution in [2.45, 2.75) is 51.0 Å². The van der Waals surface area contributed by atoms with Crippen LogP contribution in [-0.2, 0) is 4.79 Å². The van der Waals surface area contributed by atoms with E-state index < -0.39 is 5.54 Å². The van der Waals surface area contributed by atoms with Crippen molar-refractivity contribution in [1.82, 2.24) is 10.2 Å². The van der Waals surface area contributed by atoms with Crippen molar-refractivity contribution < 1.29 is 4.79 Å². The van der Waals surface area contributed by atoms with Crippen molar-refractivity contribution in [2.75, 3.05) is 26.2 Å². The zero-order valence-electron chi connectivity index (χ0n) is 11.6. The zero-order chi connectivity index (χ0) is 13.0. The molecule has 3 N–H and O–H groups in total. The highest BCUT2D eigenvalue weighted by Crippen LogP contribution is 2.29. The topological polar surface area (TPSA) is 58.4 Å². The van der Waals surface area contributed by atoms with Gasteiger partial charge in [0.05, 0.1) is 5.54 Å². The Bertz CT molecular complexity index is 283. The van der Waals surface area contributed by atoms with Crippen molar-refractivity contribution in [3.63, 3.8) is 0 Å². The van der Waals surface area contributed by atoms with Gasteiger partial charge in [-0.05, 0) is 51.1 Å². The van der Waals surface area contributed by atoms with Crippen LogP contribution in [0.4, 0.5) is 0 Å². The first-order chi connectivity index (χ1) is 8.60. The third kappa shape index (κ3) is 3.45. The van der Waals surface area contributed by atoms with Gasteiger partial charge in [-0.2, -0.15) is 0 Å². The smallest absolute Gasteiger partial charge is 0.240 e. The second kappa shape index (κ2) is 6.02. The van der Waals surface area contributed by atoms with E-state index in [1.165, 1.54) is 32.4 Å². The average molecular weight is 253 g/mol. The lowest BCUT2D eigenvalue weighted by atomic mass is 9.77. The second-order valence-corrected chi connectivity index (χ2v) is 6.19. The highest BCUT2D eigenvalue weighted by molar-refractivity contribution is 5.86. The van der Waals surface area contributed by atoms with Gasteiger partial charge < -0.3 is 16.0 Å². The maximum atomic E-state index is 11.9. The van der Waals surface area contributed by atoms with Crippen LogP contribution >= 0.6 is 0 Å². The summed E-state index contributed by atoms with van der Waals surface area (Å²) in [4.78, 5) is 14.4. The van der Waals surface area contributed by atoms with Crippen LogP contribution < -0.4 is 11.1 Å². The third-order valence-electron chi connectivity index (χ3n) is 4.33. The molecule has 2 aliphatic rings. The van der Waals surface area contributed by atoms with Crippen LogP contribution in [0, 0.1) is 5.92 Å². The molecular formula is C14H27N3O. The van der Waals surface area contributed by atoms with Crippen LogP contribution in [0.2, 0.25) is 0 Å². The summed E-state index contributed by atoms with van der Waals surface area (Å²) in [7, 11) is 0. The fourth-order valence-corrected chi connectivity index (χ4v) is 2.87. The largest absolute Gasteiger partial charge is 0.354 e. The van der Waals surface area contributed by atoms with Crippen LogP contribution in [-0.4, -0.2) is 42.5 Å². The van der Waals surface area contributed by atoms with Gasteiger partial charge in [0.15, 0.2) is 0 Å². The summed E-state index contributed by atoms with van der Waals surface area (Å²) >= 11 is 0. The molecule has 1 aliphatic carbocycles. The quantitative estimate of drug-likeness (QED) is 0.771. The molecule has 1 saturated heterocycles. The van der Waals surface area contributed by atoms with Crippen molar-refractivity contribution in [1.29, 1.82) is 0 Å². The molecule has 0 radical (unpaired) electrons. The van der Waals surface area contributed by atoms with E-state index in [4.69, 9.17) is 5.73 Å². The van der Waals surface area contributed by atoms with Gasteiger partial charge in [0.1, 0.15) is 0 Å². The number of nitrogens with two attached hydrogens (primary N) is 1. The normalized spacial score (nSPS) is 25.2. The number of nitrogens with zero attached hydrogens (tertiary/aromatic N) is 1. The Morgan fingerprint density at radius 3 is 2.50 bits per heavy atom. The maximum Gasteiger partial charge on any atom is 0.240 e. The summed E-state index contributed by atoms with van der Waals surface area (Å²) in [5, 5.41) is 3.02. The molecule has 0 aromatic carbocycles. The van der Waals surface area contributed by atoms with E-state index in [2.05, 4.69) is 17.1 Å². The Hall–Kier alpha value is -0.610. The molecule has 18 heavy (non-hydrogen) atoms. The predicted octanol–water partition coefficient (Wildman–Crippen LogP) is 1.11.